The van der Waals surface area contributed by atoms with Gasteiger partial charge in [-0.3, -0.25) is 9.98 Å². The van der Waals surface area contributed by atoms with E-state index in [2.05, 4.69) is 20.6 Å². The monoisotopic (exact) mass is 526 g/mol. The summed E-state index contributed by atoms with van der Waals surface area (Å²) in [5.74, 6) is 1.55. The van der Waals surface area contributed by atoms with E-state index in [0.29, 0.717) is 19.8 Å². The molecule has 1 aromatic heterocycles. The van der Waals surface area contributed by atoms with Crippen LogP contribution < -0.4 is 15.4 Å². The second-order valence-corrected chi connectivity index (χ2v) is 7.31. The third-order valence-corrected chi connectivity index (χ3v) is 5.18. The molecule has 0 spiro atoms. The molecule has 0 saturated carbocycles. The molecule has 3 N–H and O–H groups in total. The van der Waals surface area contributed by atoms with Gasteiger partial charge in [0.05, 0.1) is 12.3 Å². The Balaban J connectivity index is 0.00000320. The Labute approximate surface area is 195 Å². The SMILES string of the molecule is CN=C(NCc1ccc(OCc2ccccn2)cc1)NCC1(CCO)CCOC1.I. The van der Waals surface area contributed by atoms with Gasteiger partial charge in [0.15, 0.2) is 5.96 Å². The molecule has 8 heteroatoms. The molecular weight excluding hydrogens is 495 g/mol. The lowest BCUT2D eigenvalue weighted by molar-refractivity contribution is 0.127. The predicted octanol–water partition coefficient (Wildman–Crippen LogP) is 2.73. The molecule has 1 aliphatic rings. The fourth-order valence-corrected chi connectivity index (χ4v) is 3.33. The molecule has 1 aromatic carbocycles. The van der Waals surface area contributed by atoms with Gasteiger partial charge in [0.2, 0.25) is 0 Å². The number of rotatable bonds is 9. The van der Waals surface area contributed by atoms with E-state index in [1.165, 1.54) is 0 Å². The van der Waals surface area contributed by atoms with Gasteiger partial charge in [0, 0.05) is 45.0 Å². The molecule has 30 heavy (non-hydrogen) atoms. The van der Waals surface area contributed by atoms with E-state index < -0.39 is 0 Å². The fourth-order valence-electron chi connectivity index (χ4n) is 3.33. The second-order valence-electron chi connectivity index (χ2n) is 7.31. The van der Waals surface area contributed by atoms with E-state index in [1.807, 2.05) is 42.5 Å². The molecule has 3 rings (SSSR count). The van der Waals surface area contributed by atoms with E-state index in [9.17, 15) is 5.11 Å². The average molecular weight is 526 g/mol. The largest absolute Gasteiger partial charge is 0.487 e. The summed E-state index contributed by atoms with van der Waals surface area (Å²) in [6.45, 7) is 3.44. The van der Waals surface area contributed by atoms with Gasteiger partial charge in [-0.25, -0.2) is 0 Å². The Bertz CT molecular complexity index is 766. The number of aromatic nitrogens is 1. The first-order chi connectivity index (χ1) is 14.2. The molecular formula is C22H31IN4O3. The van der Waals surface area contributed by atoms with E-state index >= 15 is 0 Å². The van der Waals surface area contributed by atoms with Crippen molar-refractivity contribution in [3.63, 3.8) is 0 Å². The highest BCUT2D eigenvalue weighted by molar-refractivity contribution is 14.0. The Morgan fingerprint density at radius 3 is 2.70 bits per heavy atom. The smallest absolute Gasteiger partial charge is 0.191 e. The summed E-state index contributed by atoms with van der Waals surface area (Å²) in [4.78, 5) is 8.55. The van der Waals surface area contributed by atoms with Crippen LogP contribution in [0.15, 0.2) is 53.7 Å². The number of guanidine groups is 1. The molecule has 1 saturated heterocycles. The van der Waals surface area contributed by atoms with Crippen molar-refractivity contribution >= 4 is 29.9 Å². The maximum atomic E-state index is 9.35. The van der Waals surface area contributed by atoms with Crippen LogP contribution in [0.25, 0.3) is 0 Å². The van der Waals surface area contributed by atoms with Crippen LogP contribution in [0.4, 0.5) is 0 Å². The third kappa shape index (κ3) is 7.41. The highest BCUT2D eigenvalue weighted by atomic mass is 127. The second kappa shape index (κ2) is 12.7. The Morgan fingerprint density at radius 2 is 2.07 bits per heavy atom. The van der Waals surface area contributed by atoms with Gasteiger partial charge >= 0.3 is 0 Å². The summed E-state index contributed by atoms with van der Waals surface area (Å²) in [5, 5.41) is 16.1. The summed E-state index contributed by atoms with van der Waals surface area (Å²) >= 11 is 0. The predicted molar refractivity (Wildman–Crippen MR) is 128 cm³/mol. The molecule has 1 aliphatic heterocycles. The Kier molecular flexibility index (Phi) is 10.3. The standard InChI is InChI=1S/C22H30N4O3.HI/c1-23-21(26-16-22(9-12-27)10-13-28-17-22)25-14-18-5-7-20(8-6-18)29-15-19-4-2-3-11-24-19;/h2-8,11,27H,9-10,12-17H2,1H3,(H2,23,25,26);1H. The number of aliphatic imine (C=N–C) groups is 1. The minimum Gasteiger partial charge on any atom is -0.487 e. The normalized spacial score (nSPS) is 18.5. The third-order valence-electron chi connectivity index (χ3n) is 5.18. The number of hydrogen-bond acceptors (Lipinski definition) is 5. The highest BCUT2D eigenvalue weighted by Crippen LogP contribution is 2.31. The first-order valence-corrected chi connectivity index (χ1v) is 9.98. The minimum absolute atomic E-state index is 0. The van der Waals surface area contributed by atoms with E-state index in [4.69, 9.17) is 9.47 Å². The van der Waals surface area contributed by atoms with Crippen LogP contribution in [0.2, 0.25) is 0 Å². The zero-order valence-electron chi connectivity index (χ0n) is 17.3. The van der Waals surface area contributed by atoms with E-state index in [-0.39, 0.29) is 36.0 Å². The molecule has 1 unspecified atom stereocenters. The van der Waals surface area contributed by atoms with Crippen molar-refractivity contribution in [1.82, 2.24) is 15.6 Å². The zero-order valence-corrected chi connectivity index (χ0v) is 19.7. The van der Waals surface area contributed by atoms with Crippen molar-refractivity contribution in [3.05, 3.63) is 59.9 Å². The number of pyridine rings is 1. The quantitative estimate of drug-likeness (QED) is 0.265. The fraction of sp³-hybridized carbons (Fsp3) is 0.455. The Morgan fingerprint density at radius 1 is 1.23 bits per heavy atom. The highest BCUT2D eigenvalue weighted by Gasteiger charge is 2.34. The number of hydrogen-bond donors (Lipinski definition) is 3. The first kappa shape index (κ1) is 24.4. The van der Waals surface area contributed by atoms with Crippen LogP contribution in [-0.2, 0) is 17.9 Å². The molecule has 0 amide bonds. The number of aliphatic hydroxyl groups excluding tert-OH is 1. The van der Waals surface area contributed by atoms with Crippen molar-refractivity contribution in [2.24, 2.45) is 10.4 Å². The van der Waals surface area contributed by atoms with Crippen LogP contribution >= 0.6 is 24.0 Å². The average Bonchev–Trinajstić information content (AvgIpc) is 3.23. The summed E-state index contributed by atoms with van der Waals surface area (Å²) in [6, 6.07) is 13.8. The molecule has 2 aromatic rings. The number of nitrogens with one attached hydrogen (secondary N) is 2. The lowest BCUT2D eigenvalue weighted by Gasteiger charge is -2.27. The van der Waals surface area contributed by atoms with Crippen LogP contribution in [0.1, 0.15) is 24.1 Å². The van der Waals surface area contributed by atoms with Crippen molar-refractivity contribution < 1.29 is 14.6 Å². The van der Waals surface area contributed by atoms with E-state index in [0.717, 1.165) is 49.0 Å². The zero-order chi connectivity index (χ0) is 20.4. The number of ether oxygens (including phenoxy) is 2. The van der Waals surface area contributed by atoms with Crippen molar-refractivity contribution in [3.8, 4) is 5.75 Å². The van der Waals surface area contributed by atoms with Crippen LogP contribution in [-0.4, -0.2) is 49.5 Å². The van der Waals surface area contributed by atoms with Gasteiger partial charge in [-0.2, -0.15) is 0 Å². The van der Waals surface area contributed by atoms with Crippen LogP contribution in [0.5, 0.6) is 5.75 Å². The van der Waals surface area contributed by atoms with Gasteiger partial charge in [-0.05, 0) is 42.7 Å². The maximum absolute atomic E-state index is 9.35. The van der Waals surface area contributed by atoms with E-state index in [1.54, 1.807) is 13.2 Å². The van der Waals surface area contributed by atoms with Gasteiger partial charge in [-0.15, -0.1) is 24.0 Å². The van der Waals surface area contributed by atoms with Gasteiger partial charge in [0.1, 0.15) is 12.4 Å². The van der Waals surface area contributed by atoms with Crippen molar-refractivity contribution in [2.45, 2.75) is 26.0 Å². The van der Waals surface area contributed by atoms with Crippen LogP contribution in [0.3, 0.4) is 0 Å². The molecule has 0 bridgehead atoms. The molecule has 1 fully saturated rings. The maximum Gasteiger partial charge on any atom is 0.191 e. The molecule has 0 radical (unpaired) electrons. The molecule has 0 aliphatic carbocycles. The lowest BCUT2D eigenvalue weighted by atomic mass is 9.84. The Hall–Kier alpha value is -1.91. The van der Waals surface area contributed by atoms with Gasteiger partial charge in [0.25, 0.3) is 0 Å². The minimum atomic E-state index is -0.0149. The first-order valence-electron chi connectivity index (χ1n) is 9.98. The summed E-state index contributed by atoms with van der Waals surface area (Å²) in [6.07, 6.45) is 3.45. The number of aliphatic hydroxyl groups is 1. The van der Waals surface area contributed by atoms with Gasteiger partial charge < -0.3 is 25.2 Å². The molecule has 164 valence electrons. The molecule has 1 atom stereocenters. The van der Waals surface area contributed by atoms with Crippen LogP contribution in [0, 0.1) is 5.41 Å². The topological polar surface area (TPSA) is 88.0 Å². The summed E-state index contributed by atoms with van der Waals surface area (Å²) in [5.41, 5.74) is 2.02. The summed E-state index contributed by atoms with van der Waals surface area (Å²) < 4.78 is 11.3. The lowest BCUT2D eigenvalue weighted by Crippen LogP contribution is -2.44. The van der Waals surface area contributed by atoms with Crippen molar-refractivity contribution in [2.75, 3.05) is 33.4 Å². The van der Waals surface area contributed by atoms with Crippen molar-refractivity contribution in [1.29, 1.82) is 0 Å². The number of nitrogens with zero attached hydrogens (tertiary/aromatic N) is 2. The summed E-state index contributed by atoms with van der Waals surface area (Å²) in [7, 11) is 1.76. The molecule has 7 nitrogen and oxygen atoms in total. The van der Waals surface area contributed by atoms with Gasteiger partial charge in [-0.1, -0.05) is 18.2 Å². The number of halogens is 1. The number of benzene rings is 1. The molecule has 2 heterocycles.